The van der Waals surface area contributed by atoms with Crippen molar-refractivity contribution in [2.24, 2.45) is 0 Å². The lowest BCUT2D eigenvalue weighted by Gasteiger charge is -2.08. The van der Waals surface area contributed by atoms with Crippen LogP contribution in [0.3, 0.4) is 0 Å². The minimum absolute atomic E-state index is 0.0757. The Morgan fingerprint density at radius 2 is 1.67 bits per heavy atom. The summed E-state index contributed by atoms with van der Waals surface area (Å²) >= 11 is 1.36. The third kappa shape index (κ3) is 5.72. The quantitative estimate of drug-likeness (QED) is 0.295. The molecule has 0 spiro atoms. The van der Waals surface area contributed by atoms with Gasteiger partial charge in [0.05, 0.1) is 18.0 Å². The summed E-state index contributed by atoms with van der Waals surface area (Å²) < 4.78 is 3.82. The van der Waals surface area contributed by atoms with Gasteiger partial charge in [0, 0.05) is 29.6 Å². The summed E-state index contributed by atoms with van der Waals surface area (Å²) in [5, 5.41) is 16.8. The maximum Gasteiger partial charge on any atom is 0.230 e. The number of amides is 1. The van der Waals surface area contributed by atoms with Gasteiger partial charge in [-0.1, -0.05) is 90.1 Å². The van der Waals surface area contributed by atoms with Crippen molar-refractivity contribution in [3.63, 3.8) is 0 Å². The Labute approximate surface area is 214 Å². The molecule has 0 atom stereocenters. The Kier molecular flexibility index (Phi) is 7.23. The average molecular weight is 495 g/mol. The molecule has 5 rings (SSSR count). The molecule has 2 aromatic heterocycles. The summed E-state index contributed by atoms with van der Waals surface area (Å²) in [7, 11) is 0. The van der Waals surface area contributed by atoms with E-state index in [9.17, 15) is 4.79 Å². The summed E-state index contributed by atoms with van der Waals surface area (Å²) in [4.78, 5) is 12.7. The van der Waals surface area contributed by atoms with Gasteiger partial charge in [0.15, 0.2) is 5.16 Å². The van der Waals surface area contributed by atoms with E-state index in [1.54, 1.807) is 6.33 Å². The SMILES string of the molecule is Cc1ccc(-n2cnnc2SCC(=O)NCc2cn(Cc3ccccc3)nc2-c2ccccc2)cc1. The standard InChI is InChI=1S/C28H26N6OS/c1-21-12-14-25(15-13-21)34-20-30-31-28(34)36-19-26(35)29-16-24-18-33(17-22-8-4-2-5-9-22)32-27(24)23-10-6-3-7-11-23/h2-15,18,20H,16-17,19H2,1H3,(H,29,35). The van der Waals surface area contributed by atoms with Gasteiger partial charge >= 0.3 is 0 Å². The first-order valence-electron chi connectivity index (χ1n) is 11.7. The van der Waals surface area contributed by atoms with E-state index in [0.717, 1.165) is 22.5 Å². The number of thioether (sulfide) groups is 1. The highest BCUT2D eigenvalue weighted by atomic mass is 32.2. The van der Waals surface area contributed by atoms with Crippen molar-refractivity contribution in [3.8, 4) is 16.9 Å². The Bertz CT molecular complexity index is 1430. The number of carbonyl (C=O) groups excluding carboxylic acids is 1. The molecule has 3 aromatic carbocycles. The Hall–Kier alpha value is -4.17. The van der Waals surface area contributed by atoms with Crippen molar-refractivity contribution in [2.75, 3.05) is 5.75 Å². The molecule has 0 aliphatic heterocycles. The van der Waals surface area contributed by atoms with Gasteiger partial charge in [-0.05, 0) is 24.6 Å². The number of hydrogen-bond donors (Lipinski definition) is 1. The molecule has 0 aliphatic carbocycles. The number of nitrogens with zero attached hydrogens (tertiary/aromatic N) is 5. The molecule has 0 fully saturated rings. The van der Waals surface area contributed by atoms with Crippen molar-refractivity contribution < 1.29 is 4.79 Å². The van der Waals surface area contributed by atoms with E-state index in [1.807, 2.05) is 95.2 Å². The molecule has 5 aromatic rings. The molecule has 2 heterocycles. The average Bonchev–Trinajstić information content (AvgIpc) is 3.55. The van der Waals surface area contributed by atoms with E-state index in [0.29, 0.717) is 18.2 Å². The number of rotatable bonds is 9. The fourth-order valence-electron chi connectivity index (χ4n) is 3.86. The monoisotopic (exact) mass is 494 g/mol. The van der Waals surface area contributed by atoms with Crippen LogP contribution in [0.25, 0.3) is 16.9 Å². The normalized spacial score (nSPS) is 10.9. The molecule has 0 aliphatic rings. The molecule has 8 heteroatoms. The van der Waals surface area contributed by atoms with Crippen LogP contribution in [0.1, 0.15) is 16.7 Å². The molecule has 0 saturated heterocycles. The number of hydrogen-bond acceptors (Lipinski definition) is 5. The van der Waals surface area contributed by atoms with Crippen LogP contribution in [0.5, 0.6) is 0 Å². The molecule has 180 valence electrons. The molecule has 7 nitrogen and oxygen atoms in total. The molecule has 36 heavy (non-hydrogen) atoms. The molecule has 1 amide bonds. The Morgan fingerprint density at radius 3 is 2.42 bits per heavy atom. The predicted octanol–water partition coefficient (Wildman–Crippen LogP) is 4.90. The summed E-state index contributed by atoms with van der Waals surface area (Å²) in [5.41, 5.74) is 6.18. The smallest absolute Gasteiger partial charge is 0.230 e. The van der Waals surface area contributed by atoms with Gasteiger partial charge in [-0.3, -0.25) is 14.0 Å². The highest BCUT2D eigenvalue weighted by molar-refractivity contribution is 7.99. The van der Waals surface area contributed by atoms with Crippen molar-refractivity contribution in [2.45, 2.75) is 25.2 Å². The van der Waals surface area contributed by atoms with E-state index in [4.69, 9.17) is 5.10 Å². The zero-order valence-electron chi connectivity index (χ0n) is 19.9. The van der Waals surface area contributed by atoms with Gasteiger partial charge in [-0.2, -0.15) is 5.10 Å². The number of carbonyl (C=O) groups is 1. The van der Waals surface area contributed by atoms with Gasteiger partial charge in [0.25, 0.3) is 0 Å². The van der Waals surface area contributed by atoms with E-state index in [-0.39, 0.29) is 11.7 Å². The first kappa shape index (κ1) is 23.6. The first-order valence-corrected chi connectivity index (χ1v) is 12.7. The molecule has 1 N–H and O–H groups in total. The van der Waals surface area contributed by atoms with Crippen LogP contribution < -0.4 is 5.32 Å². The van der Waals surface area contributed by atoms with Crippen LogP contribution in [-0.2, 0) is 17.9 Å². The third-order valence-electron chi connectivity index (χ3n) is 5.71. The van der Waals surface area contributed by atoms with Crippen molar-refractivity contribution in [1.29, 1.82) is 0 Å². The largest absolute Gasteiger partial charge is 0.351 e. The number of nitrogens with one attached hydrogen (secondary N) is 1. The van der Waals surface area contributed by atoms with E-state index < -0.39 is 0 Å². The third-order valence-corrected chi connectivity index (χ3v) is 6.65. The summed E-state index contributed by atoms with van der Waals surface area (Å²) in [6, 6.07) is 28.4. The zero-order valence-corrected chi connectivity index (χ0v) is 20.7. The van der Waals surface area contributed by atoms with Gasteiger partial charge in [-0.15, -0.1) is 10.2 Å². The molecular weight excluding hydrogens is 468 g/mol. The van der Waals surface area contributed by atoms with Gasteiger partial charge < -0.3 is 5.32 Å². The molecule has 0 unspecified atom stereocenters. The fraction of sp³-hybridized carbons (Fsp3) is 0.143. The molecule has 0 bridgehead atoms. The number of aromatic nitrogens is 5. The van der Waals surface area contributed by atoms with Crippen LogP contribution in [-0.4, -0.2) is 36.2 Å². The minimum atomic E-state index is -0.0757. The van der Waals surface area contributed by atoms with Crippen LogP contribution >= 0.6 is 11.8 Å². The lowest BCUT2D eigenvalue weighted by atomic mass is 10.1. The summed E-state index contributed by atoms with van der Waals surface area (Å²) in [6.07, 6.45) is 3.68. The van der Waals surface area contributed by atoms with E-state index >= 15 is 0 Å². The van der Waals surface area contributed by atoms with Crippen molar-refractivity contribution >= 4 is 17.7 Å². The molecule has 0 radical (unpaired) electrons. The van der Waals surface area contributed by atoms with E-state index in [2.05, 4.69) is 27.6 Å². The lowest BCUT2D eigenvalue weighted by molar-refractivity contribution is -0.118. The first-order chi connectivity index (χ1) is 17.7. The molecule has 0 saturated carbocycles. The maximum atomic E-state index is 12.7. The predicted molar refractivity (Wildman–Crippen MR) is 142 cm³/mol. The maximum absolute atomic E-state index is 12.7. The summed E-state index contributed by atoms with van der Waals surface area (Å²) in [6.45, 7) is 3.10. The van der Waals surface area contributed by atoms with Crippen molar-refractivity contribution in [3.05, 3.63) is 114 Å². The minimum Gasteiger partial charge on any atom is -0.351 e. The Balaban J connectivity index is 1.25. The van der Waals surface area contributed by atoms with Crippen LogP contribution in [0.15, 0.2) is 103 Å². The highest BCUT2D eigenvalue weighted by Crippen LogP contribution is 2.23. The van der Waals surface area contributed by atoms with Gasteiger partial charge in [0.2, 0.25) is 5.91 Å². The van der Waals surface area contributed by atoms with Crippen LogP contribution in [0, 0.1) is 6.92 Å². The van der Waals surface area contributed by atoms with Crippen LogP contribution in [0.2, 0.25) is 0 Å². The zero-order chi connectivity index (χ0) is 24.7. The summed E-state index contributed by atoms with van der Waals surface area (Å²) in [5.74, 6) is 0.164. The highest BCUT2D eigenvalue weighted by Gasteiger charge is 2.14. The fourth-order valence-corrected chi connectivity index (χ4v) is 4.62. The second kappa shape index (κ2) is 11.0. The second-order valence-electron chi connectivity index (χ2n) is 8.44. The second-order valence-corrected chi connectivity index (χ2v) is 9.38. The number of aryl methyl sites for hydroxylation is 1. The van der Waals surface area contributed by atoms with Gasteiger partial charge in [0.1, 0.15) is 6.33 Å². The van der Waals surface area contributed by atoms with Crippen molar-refractivity contribution in [1.82, 2.24) is 29.9 Å². The topological polar surface area (TPSA) is 77.6 Å². The van der Waals surface area contributed by atoms with Crippen LogP contribution in [0.4, 0.5) is 0 Å². The van der Waals surface area contributed by atoms with E-state index in [1.165, 1.54) is 22.9 Å². The lowest BCUT2D eigenvalue weighted by Crippen LogP contribution is -2.24. The van der Waals surface area contributed by atoms with Gasteiger partial charge in [-0.25, -0.2) is 0 Å². The Morgan fingerprint density at radius 1 is 0.944 bits per heavy atom. The molecular formula is C28H26N6OS. The number of benzene rings is 3.